The van der Waals surface area contributed by atoms with E-state index in [1.807, 2.05) is 12.1 Å². The van der Waals surface area contributed by atoms with Gasteiger partial charge in [0.2, 0.25) is 10.0 Å². The molecular formula is C16H28N2O2S. The molecule has 0 saturated carbocycles. The van der Waals surface area contributed by atoms with Crippen LogP contribution in [-0.4, -0.2) is 39.4 Å². The summed E-state index contributed by atoms with van der Waals surface area (Å²) >= 11 is 0. The third-order valence-corrected chi connectivity index (χ3v) is 5.45. The van der Waals surface area contributed by atoms with E-state index in [1.54, 1.807) is 26.2 Å². The first-order valence-corrected chi connectivity index (χ1v) is 8.98. The minimum atomic E-state index is -3.33. The lowest BCUT2D eigenvalue weighted by molar-refractivity contribution is 0.397. The molecule has 0 radical (unpaired) electrons. The highest BCUT2D eigenvalue weighted by Crippen LogP contribution is 2.16. The molecule has 0 spiro atoms. The van der Waals surface area contributed by atoms with Crippen molar-refractivity contribution in [3.63, 3.8) is 0 Å². The van der Waals surface area contributed by atoms with Crippen LogP contribution < -0.4 is 5.32 Å². The van der Waals surface area contributed by atoms with Crippen LogP contribution in [0.25, 0.3) is 0 Å². The van der Waals surface area contributed by atoms with Crippen LogP contribution >= 0.6 is 0 Å². The third kappa shape index (κ3) is 5.09. The van der Waals surface area contributed by atoms with E-state index in [0.29, 0.717) is 16.9 Å². The highest BCUT2D eigenvalue weighted by Gasteiger charge is 2.17. The highest BCUT2D eigenvalue weighted by atomic mass is 32.2. The summed E-state index contributed by atoms with van der Waals surface area (Å²) in [5, 5.41) is 3.55. The number of hydrogen-bond donors (Lipinski definition) is 1. The van der Waals surface area contributed by atoms with E-state index in [9.17, 15) is 8.42 Å². The molecule has 0 aliphatic carbocycles. The number of nitrogens with zero attached hydrogens (tertiary/aromatic N) is 1. The van der Waals surface area contributed by atoms with Crippen molar-refractivity contribution in [2.24, 2.45) is 5.92 Å². The summed E-state index contributed by atoms with van der Waals surface area (Å²) in [6.45, 7) is 7.58. The second-order valence-corrected chi connectivity index (χ2v) is 8.09. The first kappa shape index (κ1) is 18.1. The quantitative estimate of drug-likeness (QED) is 0.802. The van der Waals surface area contributed by atoms with Gasteiger partial charge in [-0.1, -0.05) is 32.9 Å². The summed E-state index contributed by atoms with van der Waals surface area (Å²) in [5.74, 6) is 0.543. The Labute approximate surface area is 129 Å². The maximum absolute atomic E-state index is 12.0. The summed E-state index contributed by atoms with van der Waals surface area (Å²) in [6, 6.07) is 7.64. The van der Waals surface area contributed by atoms with Crippen molar-refractivity contribution >= 4 is 10.0 Å². The smallest absolute Gasteiger partial charge is 0.242 e. The Morgan fingerprint density at radius 2 is 1.71 bits per heavy atom. The average Bonchev–Trinajstić information content (AvgIpc) is 2.43. The molecule has 0 saturated heterocycles. The van der Waals surface area contributed by atoms with Crippen molar-refractivity contribution < 1.29 is 8.42 Å². The van der Waals surface area contributed by atoms with Gasteiger partial charge in [-0.2, -0.15) is 0 Å². The molecular weight excluding hydrogens is 284 g/mol. The third-order valence-electron chi connectivity index (χ3n) is 3.62. The van der Waals surface area contributed by atoms with Crippen LogP contribution in [0.2, 0.25) is 0 Å². The lowest BCUT2D eigenvalue weighted by atomic mass is 9.96. The van der Waals surface area contributed by atoms with E-state index >= 15 is 0 Å². The lowest BCUT2D eigenvalue weighted by Gasteiger charge is -2.22. The molecule has 0 bridgehead atoms. The zero-order valence-electron chi connectivity index (χ0n) is 13.8. The molecule has 1 rings (SSSR count). The molecule has 0 aliphatic heterocycles. The fourth-order valence-electron chi connectivity index (χ4n) is 2.14. The molecule has 1 aromatic carbocycles. The Kier molecular flexibility index (Phi) is 6.84. The van der Waals surface area contributed by atoms with Gasteiger partial charge >= 0.3 is 0 Å². The molecule has 0 fully saturated rings. The van der Waals surface area contributed by atoms with Gasteiger partial charge < -0.3 is 5.32 Å². The monoisotopic (exact) mass is 312 g/mol. The van der Waals surface area contributed by atoms with E-state index in [4.69, 9.17) is 0 Å². The molecule has 120 valence electrons. The van der Waals surface area contributed by atoms with Crippen molar-refractivity contribution in [2.75, 3.05) is 20.6 Å². The molecule has 1 unspecified atom stereocenters. The van der Waals surface area contributed by atoms with Gasteiger partial charge in [-0.3, -0.25) is 0 Å². The molecule has 21 heavy (non-hydrogen) atoms. The van der Waals surface area contributed by atoms with Crippen molar-refractivity contribution in [1.29, 1.82) is 0 Å². The molecule has 0 amide bonds. The van der Waals surface area contributed by atoms with E-state index in [0.717, 1.165) is 24.9 Å². The van der Waals surface area contributed by atoms with Gasteiger partial charge in [0.15, 0.2) is 0 Å². The van der Waals surface area contributed by atoms with E-state index < -0.39 is 10.0 Å². The minimum Gasteiger partial charge on any atom is -0.313 e. The topological polar surface area (TPSA) is 49.4 Å². The number of hydrogen-bond acceptors (Lipinski definition) is 3. The summed E-state index contributed by atoms with van der Waals surface area (Å²) in [5.41, 5.74) is 1.16. The van der Waals surface area contributed by atoms with E-state index in [2.05, 4.69) is 26.1 Å². The Morgan fingerprint density at radius 1 is 1.14 bits per heavy atom. The Morgan fingerprint density at radius 3 is 2.14 bits per heavy atom. The van der Waals surface area contributed by atoms with Gasteiger partial charge in [-0.15, -0.1) is 0 Å². The normalized spacial score (nSPS) is 13.9. The molecule has 1 aromatic rings. The molecule has 5 heteroatoms. The van der Waals surface area contributed by atoms with Crippen LogP contribution in [0.4, 0.5) is 0 Å². The van der Waals surface area contributed by atoms with Crippen LogP contribution in [0, 0.1) is 5.92 Å². The van der Waals surface area contributed by atoms with Crippen LogP contribution in [0.1, 0.15) is 32.8 Å². The molecule has 0 aliphatic rings. The van der Waals surface area contributed by atoms with E-state index in [-0.39, 0.29) is 0 Å². The SMILES string of the molecule is CCCNC(Cc1ccc(S(=O)(=O)N(C)C)cc1)C(C)C. The predicted molar refractivity (Wildman–Crippen MR) is 87.9 cm³/mol. The largest absolute Gasteiger partial charge is 0.313 e. The number of nitrogens with one attached hydrogen (secondary N) is 1. The van der Waals surface area contributed by atoms with Gasteiger partial charge in [-0.05, 0) is 43.0 Å². The molecule has 0 heterocycles. The van der Waals surface area contributed by atoms with Crippen LogP contribution in [0.15, 0.2) is 29.2 Å². The van der Waals surface area contributed by atoms with Crippen LogP contribution in [0.3, 0.4) is 0 Å². The fourth-order valence-corrected chi connectivity index (χ4v) is 3.04. The van der Waals surface area contributed by atoms with Gasteiger partial charge in [0.25, 0.3) is 0 Å². The molecule has 1 N–H and O–H groups in total. The van der Waals surface area contributed by atoms with E-state index in [1.165, 1.54) is 4.31 Å². The maximum Gasteiger partial charge on any atom is 0.242 e. The minimum absolute atomic E-state index is 0.346. The number of rotatable bonds is 8. The number of sulfonamides is 1. The summed E-state index contributed by atoms with van der Waals surface area (Å²) in [7, 11) is -0.238. The first-order valence-electron chi connectivity index (χ1n) is 7.53. The molecule has 0 aromatic heterocycles. The Balaban J connectivity index is 2.82. The Hall–Kier alpha value is -0.910. The highest BCUT2D eigenvalue weighted by molar-refractivity contribution is 7.89. The predicted octanol–water partition coefficient (Wildman–Crippen LogP) is 2.50. The molecule has 1 atom stereocenters. The molecule has 4 nitrogen and oxygen atoms in total. The van der Waals surface area contributed by atoms with Gasteiger partial charge in [0.05, 0.1) is 4.90 Å². The second-order valence-electron chi connectivity index (χ2n) is 5.94. The summed E-state index contributed by atoms with van der Waals surface area (Å²) in [4.78, 5) is 0.346. The van der Waals surface area contributed by atoms with Gasteiger partial charge in [-0.25, -0.2) is 12.7 Å². The lowest BCUT2D eigenvalue weighted by Crippen LogP contribution is -2.36. The summed E-state index contributed by atoms with van der Waals surface area (Å²) in [6.07, 6.45) is 2.03. The Bertz CT molecular complexity index is 522. The zero-order chi connectivity index (χ0) is 16.0. The van der Waals surface area contributed by atoms with Crippen molar-refractivity contribution in [1.82, 2.24) is 9.62 Å². The standard InChI is InChI=1S/C16H28N2O2S/c1-6-11-17-16(13(2)3)12-14-7-9-15(10-8-14)21(19,20)18(4)5/h7-10,13,16-17H,6,11-12H2,1-5H3. The number of benzene rings is 1. The second kappa shape index (κ2) is 7.92. The van der Waals surface area contributed by atoms with Crippen LogP contribution in [-0.2, 0) is 16.4 Å². The summed E-state index contributed by atoms with van der Waals surface area (Å²) < 4.78 is 25.3. The van der Waals surface area contributed by atoms with Gasteiger partial charge in [0, 0.05) is 20.1 Å². The average molecular weight is 312 g/mol. The van der Waals surface area contributed by atoms with Gasteiger partial charge in [0.1, 0.15) is 0 Å². The fraction of sp³-hybridized carbons (Fsp3) is 0.625. The van der Waals surface area contributed by atoms with Crippen LogP contribution in [0.5, 0.6) is 0 Å². The first-order chi connectivity index (χ1) is 9.78. The van der Waals surface area contributed by atoms with Crippen molar-refractivity contribution in [2.45, 2.75) is 44.6 Å². The maximum atomic E-state index is 12.0. The van der Waals surface area contributed by atoms with Crippen molar-refractivity contribution in [3.8, 4) is 0 Å². The van der Waals surface area contributed by atoms with Crippen molar-refractivity contribution in [3.05, 3.63) is 29.8 Å². The zero-order valence-corrected chi connectivity index (χ0v) is 14.6.